The molecule has 0 bridgehead atoms. The second kappa shape index (κ2) is 12.6. The molecule has 9 aromatic rings. The Labute approximate surface area is 300 Å². The summed E-state index contributed by atoms with van der Waals surface area (Å²) in [5, 5.41) is 14.1. The van der Waals surface area contributed by atoms with E-state index in [1.165, 1.54) is 54.7 Å². The largest absolute Gasteiger partial charge is 0.457 e. The van der Waals surface area contributed by atoms with Gasteiger partial charge in [-0.05, 0) is 103 Å². The molecule has 10 rings (SSSR count). The second-order valence-electron chi connectivity index (χ2n) is 12.5. The minimum absolute atomic E-state index is 0.669. The monoisotopic (exact) mass is 675 g/mol. The number of hydrogen-bond donors (Lipinski definition) is 0. The van der Waals surface area contributed by atoms with Gasteiger partial charge < -0.3 is 13.9 Å². The highest BCUT2D eigenvalue weighted by Crippen LogP contribution is 2.46. The number of para-hydroxylation sites is 3. The van der Waals surface area contributed by atoms with Crippen LogP contribution in [-0.2, 0) is 6.42 Å². The maximum atomic E-state index is 9.21. The zero-order valence-electron chi connectivity index (χ0n) is 28.3. The van der Waals surface area contributed by atoms with Crippen molar-refractivity contribution in [2.45, 2.75) is 30.1 Å². The van der Waals surface area contributed by atoms with Gasteiger partial charge in [0.25, 0.3) is 0 Å². The average molecular weight is 676 g/mol. The van der Waals surface area contributed by atoms with Gasteiger partial charge in [0.05, 0.1) is 33.7 Å². The molecular weight excluding hydrogens is 643 g/mol. The summed E-state index contributed by atoms with van der Waals surface area (Å²) in [4.78, 5) is 2.24. The number of hydrogen-bond acceptors (Lipinski definition) is 3. The van der Waals surface area contributed by atoms with Gasteiger partial charge in [-0.1, -0.05) is 80.2 Å². The summed E-state index contributed by atoms with van der Waals surface area (Å²) in [7, 11) is 0. The summed E-state index contributed by atoms with van der Waals surface area (Å²) in [6.45, 7) is 4.00. The highest BCUT2D eigenvalue weighted by molar-refractivity contribution is 7.99. The van der Waals surface area contributed by atoms with Gasteiger partial charge in [0.2, 0.25) is 0 Å². The number of aromatic nitrogens is 2. The Morgan fingerprint density at radius 3 is 1.94 bits per heavy atom. The van der Waals surface area contributed by atoms with Crippen LogP contribution in [-0.4, -0.2) is 9.13 Å². The molecule has 0 unspecified atom stereocenters. The van der Waals surface area contributed by atoms with Crippen molar-refractivity contribution in [1.29, 1.82) is 5.26 Å². The van der Waals surface area contributed by atoms with E-state index in [2.05, 4.69) is 137 Å². The van der Waals surface area contributed by atoms with E-state index in [0.29, 0.717) is 5.56 Å². The summed E-state index contributed by atoms with van der Waals surface area (Å²) < 4.78 is 11.4. The van der Waals surface area contributed by atoms with Crippen molar-refractivity contribution >= 4 is 55.4 Å². The van der Waals surface area contributed by atoms with Gasteiger partial charge in [0.15, 0.2) is 0 Å². The summed E-state index contributed by atoms with van der Waals surface area (Å²) in [6.07, 6.45) is 0.796. The number of fused-ring (bicyclic) bond motifs is 9. The second-order valence-corrected chi connectivity index (χ2v) is 13.6. The fourth-order valence-corrected chi connectivity index (χ4v) is 8.28. The minimum Gasteiger partial charge on any atom is -0.457 e. The first-order valence-corrected chi connectivity index (χ1v) is 18.2. The van der Waals surface area contributed by atoms with Crippen molar-refractivity contribution in [2.24, 2.45) is 0 Å². The van der Waals surface area contributed by atoms with E-state index in [4.69, 9.17) is 4.74 Å². The lowest BCUT2D eigenvalue weighted by Gasteiger charge is -2.22. The third-order valence-electron chi connectivity index (χ3n) is 9.67. The maximum absolute atomic E-state index is 9.21. The van der Waals surface area contributed by atoms with Crippen LogP contribution in [0.3, 0.4) is 0 Å². The predicted octanol–water partition coefficient (Wildman–Crippen LogP) is 12.6. The van der Waals surface area contributed by atoms with Crippen molar-refractivity contribution in [2.75, 3.05) is 0 Å². The molecule has 1 aliphatic rings. The molecule has 7 aromatic carbocycles. The molecule has 5 heteroatoms. The smallest absolute Gasteiger partial charge is 0.133 e. The molecule has 4 nitrogen and oxygen atoms in total. The molecule has 0 atom stereocenters. The average Bonchev–Trinajstić information content (AvgIpc) is 3.70. The zero-order valence-corrected chi connectivity index (χ0v) is 29.1. The quantitative estimate of drug-likeness (QED) is 0.186. The number of rotatable bonds is 4. The van der Waals surface area contributed by atoms with Gasteiger partial charge in [-0.25, -0.2) is 0 Å². The van der Waals surface area contributed by atoms with Crippen LogP contribution in [0.4, 0.5) is 0 Å². The van der Waals surface area contributed by atoms with Crippen LogP contribution in [0.2, 0.25) is 0 Å². The zero-order chi connectivity index (χ0) is 34.5. The Morgan fingerprint density at radius 1 is 0.549 bits per heavy atom. The SMILES string of the molecule is CC.N#Cc1ccc(Sc2ccc(-n3c4cc5c6ccccc6n(-c6ccccc6)c5cc4c4ccc5c(c43)Cc3ccccc3O5)cc2)cc1. The Balaban J connectivity index is 0.00000171. The fraction of sp³-hybridized carbons (Fsp3) is 0.0652. The lowest BCUT2D eigenvalue weighted by Crippen LogP contribution is -2.05. The molecule has 51 heavy (non-hydrogen) atoms. The molecule has 0 aliphatic carbocycles. The van der Waals surface area contributed by atoms with E-state index in [0.717, 1.165) is 39.1 Å². The Morgan fingerprint density at radius 2 is 1.18 bits per heavy atom. The van der Waals surface area contributed by atoms with Crippen molar-refractivity contribution < 1.29 is 4.74 Å². The van der Waals surface area contributed by atoms with Gasteiger partial charge in [-0.15, -0.1) is 0 Å². The first kappa shape index (κ1) is 30.8. The summed E-state index contributed by atoms with van der Waals surface area (Å²) >= 11 is 1.70. The highest BCUT2D eigenvalue weighted by atomic mass is 32.2. The lowest BCUT2D eigenvalue weighted by molar-refractivity contribution is 0.461. The van der Waals surface area contributed by atoms with Crippen LogP contribution in [0.1, 0.15) is 30.5 Å². The van der Waals surface area contributed by atoms with Crippen molar-refractivity contribution in [3.8, 4) is 28.9 Å². The lowest BCUT2D eigenvalue weighted by atomic mass is 9.97. The van der Waals surface area contributed by atoms with Crippen LogP contribution in [0.5, 0.6) is 11.5 Å². The summed E-state index contributed by atoms with van der Waals surface area (Å²) in [5.74, 6) is 1.84. The number of nitriles is 1. The standard InChI is InChI=1S/C44H27N3OS.C2H6/c45-27-28-14-18-32(19-15-28)49-33-20-16-31(17-21-33)47-41-25-36-34-11-5-6-12-39(34)46(30-9-2-1-3-10-30)40(36)26-37(41)35-22-23-43-38(44(35)47)24-29-8-4-7-13-42(29)48-43;1-2/h1-23,25-26H,24H2;1-2H3. The molecule has 0 amide bonds. The van der Waals surface area contributed by atoms with Crippen LogP contribution in [0, 0.1) is 11.3 Å². The Hall–Kier alpha value is -6.22. The number of benzene rings is 7. The first-order valence-electron chi connectivity index (χ1n) is 17.4. The third-order valence-corrected chi connectivity index (χ3v) is 10.7. The van der Waals surface area contributed by atoms with Crippen LogP contribution >= 0.6 is 11.8 Å². The molecule has 244 valence electrons. The highest BCUT2D eigenvalue weighted by Gasteiger charge is 2.25. The third kappa shape index (κ3) is 5.07. The first-order chi connectivity index (χ1) is 25.2. The maximum Gasteiger partial charge on any atom is 0.133 e. The fourth-order valence-electron chi connectivity index (χ4n) is 7.46. The molecule has 0 saturated carbocycles. The summed E-state index contributed by atoms with van der Waals surface area (Å²) in [6, 6.07) is 55.6. The van der Waals surface area contributed by atoms with E-state index in [9.17, 15) is 5.26 Å². The van der Waals surface area contributed by atoms with Gasteiger partial charge >= 0.3 is 0 Å². The molecule has 0 fully saturated rings. The van der Waals surface area contributed by atoms with Gasteiger partial charge in [-0.3, -0.25) is 0 Å². The van der Waals surface area contributed by atoms with E-state index < -0.39 is 0 Å². The Kier molecular flexibility index (Phi) is 7.60. The van der Waals surface area contributed by atoms with Gasteiger partial charge in [0.1, 0.15) is 11.5 Å². The normalized spacial score (nSPS) is 11.9. The molecular formula is C46H33N3OS. The predicted molar refractivity (Wildman–Crippen MR) is 211 cm³/mol. The van der Waals surface area contributed by atoms with Gasteiger partial charge in [-0.2, -0.15) is 5.26 Å². The van der Waals surface area contributed by atoms with Crippen LogP contribution in [0.15, 0.2) is 161 Å². The van der Waals surface area contributed by atoms with Crippen molar-refractivity contribution in [3.05, 3.63) is 168 Å². The van der Waals surface area contributed by atoms with E-state index in [-0.39, 0.29) is 0 Å². The number of ether oxygens (including phenoxy) is 1. The molecule has 3 heterocycles. The molecule has 0 saturated heterocycles. The molecule has 0 spiro atoms. The topological polar surface area (TPSA) is 42.9 Å². The number of nitrogens with zero attached hydrogens (tertiary/aromatic N) is 3. The minimum atomic E-state index is 0.669. The van der Waals surface area contributed by atoms with Crippen molar-refractivity contribution in [3.63, 3.8) is 0 Å². The van der Waals surface area contributed by atoms with E-state index in [1.807, 2.05) is 44.2 Å². The van der Waals surface area contributed by atoms with Gasteiger partial charge in [0, 0.05) is 54.7 Å². The molecule has 0 N–H and O–H groups in total. The van der Waals surface area contributed by atoms with E-state index in [1.54, 1.807) is 11.8 Å². The summed E-state index contributed by atoms with van der Waals surface area (Å²) in [5.41, 5.74) is 10.0. The Bertz CT molecular complexity index is 2790. The van der Waals surface area contributed by atoms with E-state index >= 15 is 0 Å². The van der Waals surface area contributed by atoms with Crippen LogP contribution < -0.4 is 4.74 Å². The van der Waals surface area contributed by atoms with Crippen molar-refractivity contribution in [1.82, 2.24) is 9.13 Å². The molecule has 2 aromatic heterocycles. The molecule has 0 radical (unpaired) electrons. The van der Waals surface area contributed by atoms with Crippen LogP contribution in [0.25, 0.3) is 55.0 Å². The molecule has 1 aliphatic heterocycles.